The number of rotatable bonds is 7. The van der Waals surface area contributed by atoms with Gasteiger partial charge in [-0.15, -0.1) is 0 Å². The molecule has 0 amide bonds. The summed E-state index contributed by atoms with van der Waals surface area (Å²) < 4.78 is 31.9. The normalized spacial score (nSPS) is 11.1. The molecule has 0 bridgehead atoms. The molecule has 128 valence electrons. The summed E-state index contributed by atoms with van der Waals surface area (Å²) in [4.78, 5) is 10.9. The van der Waals surface area contributed by atoms with Gasteiger partial charge in [0.05, 0.1) is 24.1 Å². The van der Waals surface area contributed by atoms with Crippen molar-refractivity contribution in [2.45, 2.75) is 11.3 Å². The zero-order valence-electron chi connectivity index (χ0n) is 12.8. The average Bonchev–Trinajstić information content (AvgIpc) is 2.55. The largest absolute Gasteiger partial charge is 0.497 e. The number of halogens is 1. The molecule has 1 N–H and O–H groups in total. The van der Waals surface area contributed by atoms with E-state index in [2.05, 4.69) is 0 Å². The van der Waals surface area contributed by atoms with Gasteiger partial charge in [0, 0.05) is 11.6 Å². The standard InChI is InChI=1S/C16H16ClNO5S/c1-23-14-6-4-13(5-7-14)18(11-10-16(19)20)24(21,22)15-8-2-12(17)3-9-15/h2-9H,10-11H2,1H3,(H,19,20). The zero-order chi connectivity index (χ0) is 17.7. The van der Waals surface area contributed by atoms with E-state index in [9.17, 15) is 13.2 Å². The highest BCUT2D eigenvalue weighted by molar-refractivity contribution is 7.92. The minimum atomic E-state index is -3.92. The fourth-order valence-corrected chi connectivity index (χ4v) is 3.66. The minimum absolute atomic E-state index is 0.0353. The summed E-state index contributed by atoms with van der Waals surface area (Å²) in [5, 5.41) is 9.32. The number of anilines is 1. The molecular weight excluding hydrogens is 354 g/mol. The van der Waals surface area contributed by atoms with E-state index < -0.39 is 16.0 Å². The lowest BCUT2D eigenvalue weighted by Gasteiger charge is -2.24. The van der Waals surface area contributed by atoms with Crippen LogP contribution in [0.2, 0.25) is 5.02 Å². The van der Waals surface area contributed by atoms with Gasteiger partial charge in [0.25, 0.3) is 10.0 Å². The summed E-state index contributed by atoms with van der Waals surface area (Å²) in [5.41, 5.74) is 0.354. The summed E-state index contributed by atoms with van der Waals surface area (Å²) in [6.07, 6.45) is -0.321. The lowest BCUT2D eigenvalue weighted by Crippen LogP contribution is -2.33. The predicted molar refractivity (Wildman–Crippen MR) is 91.2 cm³/mol. The number of ether oxygens (including phenoxy) is 1. The van der Waals surface area contributed by atoms with Crippen LogP contribution in [-0.2, 0) is 14.8 Å². The number of nitrogens with zero attached hydrogens (tertiary/aromatic N) is 1. The molecule has 0 saturated heterocycles. The molecule has 0 heterocycles. The molecule has 0 unspecified atom stereocenters. The van der Waals surface area contributed by atoms with Gasteiger partial charge in [-0.1, -0.05) is 11.6 Å². The molecule has 2 aromatic carbocycles. The number of hydrogen-bond donors (Lipinski definition) is 1. The average molecular weight is 370 g/mol. The highest BCUT2D eigenvalue weighted by atomic mass is 35.5. The van der Waals surface area contributed by atoms with Crippen molar-refractivity contribution in [2.24, 2.45) is 0 Å². The van der Waals surface area contributed by atoms with Gasteiger partial charge in [-0.25, -0.2) is 8.42 Å². The van der Waals surface area contributed by atoms with Crippen molar-refractivity contribution >= 4 is 33.3 Å². The van der Waals surface area contributed by atoms with E-state index in [1.165, 1.54) is 31.4 Å². The van der Waals surface area contributed by atoms with Crippen LogP contribution in [0.1, 0.15) is 6.42 Å². The van der Waals surface area contributed by atoms with E-state index in [0.717, 1.165) is 4.31 Å². The first kappa shape index (κ1) is 18.1. The molecule has 0 aromatic heterocycles. The summed E-state index contributed by atoms with van der Waals surface area (Å²) in [7, 11) is -2.41. The maximum absolute atomic E-state index is 12.9. The van der Waals surface area contributed by atoms with Crippen molar-refractivity contribution in [3.8, 4) is 5.75 Å². The van der Waals surface area contributed by atoms with Crippen LogP contribution >= 0.6 is 11.6 Å². The van der Waals surface area contributed by atoms with Crippen LogP contribution in [0.5, 0.6) is 5.75 Å². The second-order valence-electron chi connectivity index (χ2n) is 4.87. The molecular formula is C16H16ClNO5S. The summed E-state index contributed by atoms with van der Waals surface area (Å²) in [5.74, 6) is -0.513. The summed E-state index contributed by atoms with van der Waals surface area (Å²) in [6, 6.07) is 12.1. The van der Waals surface area contributed by atoms with Gasteiger partial charge >= 0.3 is 5.97 Å². The molecule has 0 aliphatic rings. The number of carbonyl (C=O) groups is 1. The summed E-state index contributed by atoms with van der Waals surface area (Å²) in [6.45, 7) is -0.188. The fourth-order valence-electron chi connectivity index (χ4n) is 2.07. The monoisotopic (exact) mass is 369 g/mol. The molecule has 2 aromatic rings. The second-order valence-corrected chi connectivity index (χ2v) is 7.17. The number of aliphatic carboxylic acids is 1. The third-order valence-electron chi connectivity index (χ3n) is 3.29. The molecule has 0 spiro atoms. The smallest absolute Gasteiger partial charge is 0.305 e. The Morgan fingerprint density at radius 1 is 1.12 bits per heavy atom. The predicted octanol–water partition coefficient (Wildman–Crippen LogP) is 3.02. The van der Waals surface area contributed by atoms with Gasteiger partial charge in [-0.05, 0) is 48.5 Å². The van der Waals surface area contributed by atoms with Crippen molar-refractivity contribution in [3.05, 3.63) is 53.6 Å². The lowest BCUT2D eigenvalue weighted by atomic mass is 10.3. The minimum Gasteiger partial charge on any atom is -0.497 e. The van der Waals surface area contributed by atoms with Crippen molar-refractivity contribution in [1.82, 2.24) is 0 Å². The number of benzene rings is 2. The molecule has 8 heteroatoms. The number of sulfonamides is 1. The Bertz CT molecular complexity index is 803. The third-order valence-corrected chi connectivity index (χ3v) is 5.38. The first-order valence-corrected chi connectivity index (χ1v) is 8.80. The van der Waals surface area contributed by atoms with E-state index in [-0.39, 0.29) is 17.9 Å². The Balaban J connectivity index is 2.43. The molecule has 0 saturated carbocycles. The van der Waals surface area contributed by atoms with Gasteiger partial charge in [-0.3, -0.25) is 9.10 Å². The number of carboxylic acids is 1. The number of carboxylic acid groups (broad SMARTS) is 1. The van der Waals surface area contributed by atoms with Crippen LogP contribution in [0.4, 0.5) is 5.69 Å². The molecule has 0 aliphatic carbocycles. The fraction of sp³-hybridized carbons (Fsp3) is 0.188. The van der Waals surface area contributed by atoms with Gasteiger partial charge in [-0.2, -0.15) is 0 Å². The second kappa shape index (κ2) is 7.55. The SMILES string of the molecule is COc1ccc(N(CCC(=O)O)S(=O)(=O)c2ccc(Cl)cc2)cc1. The maximum atomic E-state index is 12.9. The van der Waals surface area contributed by atoms with E-state index in [1.807, 2.05) is 0 Å². The van der Waals surface area contributed by atoms with Crippen LogP contribution in [-0.4, -0.2) is 33.1 Å². The molecule has 0 radical (unpaired) electrons. The lowest BCUT2D eigenvalue weighted by molar-refractivity contribution is -0.136. The quantitative estimate of drug-likeness (QED) is 0.811. The Hall–Kier alpha value is -2.25. The number of methoxy groups -OCH3 is 1. The highest BCUT2D eigenvalue weighted by Crippen LogP contribution is 2.26. The highest BCUT2D eigenvalue weighted by Gasteiger charge is 2.25. The van der Waals surface area contributed by atoms with Crippen LogP contribution in [0.3, 0.4) is 0 Å². The topological polar surface area (TPSA) is 83.9 Å². The Morgan fingerprint density at radius 3 is 2.21 bits per heavy atom. The first-order chi connectivity index (χ1) is 11.3. The summed E-state index contributed by atoms with van der Waals surface area (Å²) >= 11 is 5.79. The van der Waals surface area contributed by atoms with Gasteiger partial charge in [0.2, 0.25) is 0 Å². The van der Waals surface area contributed by atoms with Crippen LogP contribution < -0.4 is 9.04 Å². The molecule has 0 atom stereocenters. The van der Waals surface area contributed by atoms with Crippen molar-refractivity contribution < 1.29 is 23.1 Å². The van der Waals surface area contributed by atoms with Crippen molar-refractivity contribution in [2.75, 3.05) is 18.0 Å². The molecule has 0 aliphatic heterocycles. The van der Waals surface area contributed by atoms with E-state index in [1.54, 1.807) is 24.3 Å². The Morgan fingerprint density at radius 2 is 1.71 bits per heavy atom. The Labute approximate surface area is 145 Å². The van der Waals surface area contributed by atoms with Crippen molar-refractivity contribution in [1.29, 1.82) is 0 Å². The van der Waals surface area contributed by atoms with E-state index in [4.69, 9.17) is 21.4 Å². The zero-order valence-corrected chi connectivity index (χ0v) is 14.4. The van der Waals surface area contributed by atoms with Gasteiger partial charge in [0.1, 0.15) is 5.75 Å². The molecule has 2 rings (SSSR count). The maximum Gasteiger partial charge on any atom is 0.305 e. The molecule has 24 heavy (non-hydrogen) atoms. The van der Waals surface area contributed by atoms with Gasteiger partial charge < -0.3 is 9.84 Å². The van der Waals surface area contributed by atoms with Crippen LogP contribution in [0.15, 0.2) is 53.4 Å². The van der Waals surface area contributed by atoms with Crippen LogP contribution in [0, 0.1) is 0 Å². The third kappa shape index (κ3) is 4.18. The van der Waals surface area contributed by atoms with E-state index >= 15 is 0 Å². The van der Waals surface area contributed by atoms with Gasteiger partial charge in [0.15, 0.2) is 0 Å². The first-order valence-electron chi connectivity index (χ1n) is 6.99. The van der Waals surface area contributed by atoms with Crippen molar-refractivity contribution in [3.63, 3.8) is 0 Å². The van der Waals surface area contributed by atoms with E-state index in [0.29, 0.717) is 16.5 Å². The number of hydrogen-bond acceptors (Lipinski definition) is 4. The van der Waals surface area contributed by atoms with Crippen LogP contribution in [0.25, 0.3) is 0 Å². The molecule has 6 nitrogen and oxygen atoms in total. The Kier molecular flexibility index (Phi) is 5.69. The molecule has 0 fully saturated rings.